The Bertz CT molecular complexity index is 476. The van der Waals surface area contributed by atoms with Gasteiger partial charge in [0.05, 0.1) is 5.54 Å². The number of nitrogens with zero attached hydrogens (tertiary/aromatic N) is 1. The fourth-order valence-corrected chi connectivity index (χ4v) is 5.34. The molecule has 0 aromatic carbocycles. The van der Waals surface area contributed by atoms with Crippen LogP contribution in [0.1, 0.15) is 59.3 Å². The third-order valence-electron chi connectivity index (χ3n) is 6.43. The molecule has 4 aliphatic carbocycles. The predicted molar refractivity (Wildman–Crippen MR) is 80.8 cm³/mol. The molecule has 4 saturated carbocycles. The van der Waals surface area contributed by atoms with Gasteiger partial charge in [-0.2, -0.15) is 0 Å². The van der Waals surface area contributed by atoms with E-state index in [1.165, 1.54) is 38.5 Å². The van der Waals surface area contributed by atoms with Gasteiger partial charge >= 0.3 is 0 Å². The van der Waals surface area contributed by atoms with Gasteiger partial charge in [-0.3, -0.25) is 10.1 Å². The summed E-state index contributed by atoms with van der Waals surface area (Å²) in [4.78, 5) is 17.2. The van der Waals surface area contributed by atoms with Gasteiger partial charge in [-0.1, -0.05) is 13.8 Å². The molecule has 21 heavy (non-hydrogen) atoms. The van der Waals surface area contributed by atoms with Crippen molar-refractivity contribution < 1.29 is 9.53 Å². The highest BCUT2D eigenvalue weighted by atomic mass is 16.5. The summed E-state index contributed by atoms with van der Waals surface area (Å²) in [5.74, 6) is 2.67. The first kappa shape index (κ1) is 13.6. The van der Waals surface area contributed by atoms with E-state index < -0.39 is 5.60 Å². The summed E-state index contributed by atoms with van der Waals surface area (Å²) in [6.07, 6.45) is 7.80. The van der Waals surface area contributed by atoms with Crippen LogP contribution in [-0.4, -0.2) is 23.1 Å². The Labute approximate surface area is 126 Å². The lowest BCUT2D eigenvalue weighted by Crippen LogP contribution is -2.50. The van der Waals surface area contributed by atoms with Crippen molar-refractivity contribution >= 4 is 11.9 Å². The Kier molecular flexibility index (Phi) is 2.74. The van der Waals surface area contributed by atoms with Crippen molar-refractivity contribution in [1.29, 1.82) is 0 Å². The molecule has 116 valence electrons. The van der Waals surface area contributed by atoms with Crippen LogP contribution in [0.4, 0.5) is 0 Å². The average molecular weight is 290 g/mol. The van der Waals surface area contributed by atoms with E-state index in [-0.39, 0.29) is 17.4 Å². The maximum Gasteiger partial charge on any atom is 0.293 e. The van der Waals surface area contributed by atoms with Gasteiger partial charge in [-0.25, -0.2) is 4.99 Å². The number of carbonyl (C=O) groups excluding carboxylic acids is 1. The number of rotatable bonds is 2. The van der Waals surface area contributed by atoms with E-state index >= 15 is 0 Å². The summed E-state index contributed by atoms with van der Waals surface area (Å²) in [6.45, 7) is 5.91. The average Bonchev–Trinajstić information content (AvgIpc) is 2.62. The number of nitrogens with one attached hydrogen (secondary N) is 1. The minimum atomic E-state index is -0.763. The van der Waals surface area contributed by atoms with Gasteiger partial charge < -0.3 is 4.74 Å². The van der Waals surface area contributed by atoms with E-state index in [1.54, 1.807) is 0 Å². The maximum absolute atomic E-state index is 12.2. The molecular formula is C17H26N2O2. The van der Waals surface area contributed by atoms with Crippen molar-refractivity contribution in [3.63, 3.8) is 0 Å². The first-order valence-corrected chi connectivity index (χ1v) is 8.49. The standard InChI is InChI=1S/C17H26N2O2/c1-10(2)16(3)14(20)18-15(21-16)19-17-7-11-4-12(8-17)6-13(5-11)9-17/h10-13H,4-9H2,1-3H3,(H,18,19,20). The second-order valence-corrected chi connectivity index (χ2v) is 8.38. The monoisotopic (exact) mass is 290 g/mol. The van der Waals surface area contributed by atoms with Gasteiger partial charge in [0.15, 0.2) is 5.60 Å². The highest BCUT2D eigenvalue weighted by Crippen LogP contribution is 2.57. The van der Waals surface area contributed by atoms with Crippen LogP contribution in [0, 0.1) is 23.7 Å². The minimum Gasteiger partial charge on any atom is -0.448 e. The zero-order valence-electron chi connectivity index (χ0n) is 13.3. The number of amides is 1. The summed E-state index contributed by atoms with van der Waals surface area (Å²) in [7, 11) is 0. The van der Waals surface area contributed by atoms with Crippen LogP contribution in [0.25, 0.3) is 0 Å². The van der Waals surface area contributed by atoms with Crippen molar-refractivity contribution in [2.24, 2.45) is 28.7 Å². The molecular weight excluding hydrogens is 264 g/mol. The number of amidine groups is 1. The van der Waals surface area contributed by atoms with E-state index in [4.69, 9.17) is 9.73 Å². The molecule has 4 heteroatoms. The van der Waals surface area contributed by atoms with E-state index in [2.05, 4.69) is 5.32 Å². The number of aliphatic imine (C=N–C) groups is 1. The molecule has 4 bridgehead atoms. The highest BCUT2D eigenvalue weighted by Gasteiger charge is 2.53. The minimum absolute atomic E-state index is 0.0408. The molecule has 1 unspecified atom stereocenters. The van der Waals surface area contributed by atoms with Crippen molar-refractivity contribution in [1.82, 2.24) is 5.32 Å². The van der Waals surface area contributed by atoms with Crippen LogP contribution in [0.5, 0.6) is 0 Å². The predicted octanol–water partition coefficient (Wildman–Crippen LogP) is 2.87. The molecule has 1 amide bonds. The van der Waals surface area contributed by atoms with Crippen LogP contribution in [-0.2, 0) is 9.53 Å². The highest BCUT2D eigenvalue weighted by molar-refractivity contribution is 6.04. The van der Waals surface area contributed by atoms with Crippen molar-refractivity contribution in [2.45, 2.75) is 70.4 Å². The van der Waals surface area contributed by atoms with Crippen LogP contribution in [0.3, 0.4) is 0 Å². The molecule has 4 nitrogen and oxygen atoms in total. The molecule has 1 N–H and O–H groups in total. The summed E-state index contributed by atoms with van der Waals surface area (Å²) in [5, 5.41) is 2.89. The van der Waals surface area contributed by atoms with Gasteiger partial charge in [0.1, 0.15) is 0 Å². The van der Waals surface area contributed by atoms with Gasteiger partial charge in [-0.05, 0) is 63.2 Å². The molecule has 1 heterocycles. The smallest absolute Gasteiger partial charge is 0.293 e. The molecule has 5 aliphatic rings. The van der Waals surface area contributed by atoms with Crippen LogP contribution in [0.15, 0.2) is 4.99 Å². The molecule has 1 aliphatic heterocycles. The third-order valence-corrected chi connectivity index (χ3v) is 6.43. The molecule has 1 saturated heterocycles. The lowest BCUT2D eigenvalue weighted by atomic mass is 9.53. The normalized spacial score (nSPS) is 49.8. The maximum atomic E-state index is 12.2. The lowest BCUT2D eigenvalue weighted by Gasteiger charge is -2.54. The first-order chi connectivity index (χ1) is 9.88. The third kappa shape index (κ3) is 2.01. The van der Waals surface area contributed by atoms with E-state index in [0.717, 1.165) is 17.8 Å². The Morgan fingerprint density at radius 3 is 2.10 bits per heavy atom. The fraction of sp³-hybridized carbons (Fsp3) is 0.882. The molecule has 0 spiro atoms. The SMILES string of the molecule is CC(C)C1(C)OC(=NC23CC4CC(CC(C4)C2)C3)NC1=O. The van der Waals surface area contributed by atoms with Crippen molar-refractivity contribution in [2.75, 3.05) is 0 Å². The molecule has 1 atom stereocenters. The molecule has 0 aromatic rings. The fourth-order valence-electron chi connectivity index (χ4n) is 5.34. The zero-order chi connectivity index (χ0) is 14.8. The van der Waals surface area contributed by atoms with Crippen LogP contribution >= 0.6 is 0 Å². The molecule has 5 rings (SSSR count). The van der Waals surface area contributed by atoms with Crippen LogP contribution < -0.4 is 5.32 Å². The van der Waals surface area contributed by atoms with Gasteiger partial charge in [0.25, 0.3) is 11.9 Å². The topological polar surface area (TPSA) is 50.7 Å². The number of hydrogen-bond donors (Lipinski definition) is 1. The second-order valence-electron chi connectivity index (χ2n) is 8.38. The molecule has 0 radical (unpaired) electrons. The molecule has 0 aromatic heterocycles. The summed E-state index contributed by atoms with van der Waals surface area (Å²) in [6, 6.07) is 0.484. The summed E-state index contributed by atoms with van der Waals surface area (Å²) >= 11 is 0. The largest absolute Gasteiger partial charge is 0.448 e. The Hall–Kier alpha value is -1.06. The molecule has 5 fully saturated rings. The first-order valence-electron chi connectivity index (χ1n) is 8.49. The van der Waals surface area contributed by atoms with Crippen LogP contribution in [0.2, 0.25) is 0 Å². The van der Waals surface area contributed by atoms with E-state index in [9.17, 15) is 4.79 Å². The Morgan fingerprint density at radius 2 is 1.67 bits per heavy atom. The van der Waals surface area contributed by atoms with Gasteiger partial charge in [0, 0.05) is 5.92 Å². The van der Waals surface area contributed by atoms with Crippen molar-refractivity contribution in [3.8, 4) is 0 Å². The van der Waals surface area contributed by atoms with Gasteiger partial charge in [0.2, 0.25) is 0 Å². The lowest BCUT2D eigenvalue weighted by molar-refractivity contribution is -0.132. The zero-order valence-corrected chi connectivity index (χ0v) is 13.3. The number of ether oxygens (including phenoxy) is 1. The quantitative estimate of drug-likeness (QED) is 0.850. The Morgan fingerprint density at radius 1 is 1.14 bits per heavy atom. The summed E-state index contributed by atoms with van der Waals surface area (Å²) < 4.78 is 5.95. The summed E-state index contributed by atoms with van der Waals surface area (Å²) in [5.41, 5.74) is -0.708. The van der Waals surface area contributed by atoms with Gasteiger partial charge in [-0.15, -0.1) is 0 Å². The number of hydrogen-bond acceptors (Lipinski definition) is 3. The Balaban J connectivity index is 1.60. The van der Waals surface area contributed by atoms with E-state index in [0.29, 0.717) is 6.02 Å². The second kappa shape index (κ2) is 4.23. The number of carbonyl (C=O) groups is 1. The van der Waals surface area contributed by atoms with E-state index in [1.807, 2.05) is 20.8 Å². The van der Waals surface area contributed by atoms with Crippen molar-refractivity contribution in [3.05, 3.63) is 0 Å².